The van der Waals surface area contributed by atoms with Crippen LogP contribution in [0, 0.1) is 12.3 Å². The molecule has 0 saturated carbocycles. The van der Waals surface area contributed by atoms with Crippen molar-refractivity contribution < 1.29 is 24.2 Å². The summed E-state index contributed by atoms with van der Waals surface area (Å²) in [5, 5.41) is 9.46. The molecule has 1 fully saturated rings. The van der Waals surface area contributed by atoms with Gasteiger partial charge in [-0.25, -0.2) is 9.59 Å². The van der Waals surface area contributed by atoms with Gasteiger partial charge < -0.3 is 24.4 Å². The highest BCUT2D eigenvalue weighted by Gasteiger charge is 2.37. The Labute approximate surface area is 238 Å². The molecule has 218 valence electrons. The number of benzene rings is 1. The van der Waals surface area contributed by atoms with Crippen LogP contribution in [0.25, 0.3) is 11.1 Å². The Morgan fingerprint density at radius 2 is 1.75 bits per heavy atom. The lowest BCUT2D eigenvalue weighted by molar-refractivity contribution is -0.171. The minimum Gasteiger partial charge on any atom is -0.465 e. The van der Waals surface area contributed by atoms with Gasteiger partial charge in [0.15, 0.2) is 6.10 Å². The van der Waals surface area contributed by atoms with Gasteiger partial charge in [0.2, 0.25) is 0 Å². The molecule has 40 heavy (non-hydrogen) atoms. The predicted octanol–water partition coefficient (Wildman–Crippen LogP) is 6.53. The summed E-state index contributed by atoms with van der Waals surface area (Å²) in [6.45, 7) is 18.7. The van der Waals surface area contributed by atoms with Crippen molar-refractivity contribution in [2.45, 2.75) is 99.0 Å². The third-order valence-electron chi connectivity index (χ3n) is 7.82. The monoisotopic (exact) mass is 551 g/mol. The second-order valence-corrected chi connectivity index (χ2v) is 13.2. The molecule has 4 rings (SSSR count). The summed E-state index contributed by atoms with van der Waals surface area (Å²) in [4.78, 5) is 33.8. The van der Waals surface area contributed by atoms with Crippen LogP contribution >= 0.6 is 0 Å². The summed E-state index contributed by atoms with van der Waals surface area (Å²) in [5.41, 5.74) is 6.25. The highest BCUT2D eigenvalue weighted by molar-refractivity contribution is 5.87. The van der Waals surface area contributed by atoms with E-state index in [4.69, 9.17) is 14.5 Å². The molecular weight excluding hydrogens is 506 g/mol. The molecule has 3 heterocycles. The zero-order chi connectivity index (χ0) is 29.4. The maximum absolute atomic E-state index is 13.6. The molecule has 1 saturated heterocycles. The fraction of sp³-hybridized carbons (Fsp3) is 0.594. The molecular formula is C32H45N3O5. The lowest BCUT2D eigenvalue weighted by Gasteiger charge is -2.41. The number of pyridine rings is 1. The zero-order valence-electron chi connectivity index (χ0n) is 25.3. The Morgan fingerprint density at radius 1 is 1.07 bits per heavy atom. The van der Waals surface area contributed by atoms with Crippen molar-refractivity contribution in [3.63, 3.8) is 0 Å². The van der Waals surface area contributed by atoms with Gasteiger partial charge in [-0.05, 0) is 82.9 Å². The molecule has 2 aromatic rings. The summed E-state index contributed by atoms with van der Waals surface area (Å²) in [6.07, 6.45) is 2.53. The normalized spacial score (nSPS) is 17.9. The number of ether oxygens (including phenoxy) is 2. The van der Waals surface area contributed by atoms with Crippen LogP contribution in [0.5, 0.6) is 0 Å². The third kappa shape index (κ3) is 6.77. The third-order valence-corrected chi connectivity index (χ3v) is 7.82. The molecule has 2 aliphatic rings. The maximum atomic E-state index is 13.6. The number of fused-ring (bicyclic) bond motifs is 1. The number of nitrogens with zero attached hydrogens (tertiary/aromatic N) is 3. The number of carbonyl (C=O) groups is 2. The molecule has 1 amide bonds. The van der Waals surface area contributed by atoms with Gasteiger partial charge in [-0.1, -0.05) is 32.0 Å². The summed E-state index contributed by atoms with van der Waals surface area (Å²) >= 11 is 0. The highest BCUT2D eigenvalue weighted by atomic mass is 16.6. The largest absolute Gasteiger partial charge is 0.465 e. The molecule has 0 spiro atoms. The van der Waals surface area contributed by atoms with E-state index in [-0.39, 0.29) is 11.5 Å². The fourth-order valence-corrected chi connectivity index (χ4v) is 5.57. The molecule has 1 unspecified atom stereocenters. The Kier molecular flexibility index (Phi) is 8.50. The van der Waals surface area contributed by atoms with Crippen molar-refractivity contribution in [2.24, 2.45) is 5.41 Å². The molecule has 0 bridgehead atoms. The van der Waals surface area contributed by atoms with Crippen LogP contribution in [-0.4, -0.2) is 58.4 Å². The molecule has 1 aromatic carbocycles. The molecule has 0 radical (unpaired) electrons. The average Bonchev–Trinajstić information content (AvgIpc) is 2.86. The number of aromatic nitrogens is 1. The Bertz CT molecular complexity index is 1250. The van der Waals surface area contributed by atoms with Crippen molar-refractivity contribution in [1.29, 1.82) is 0 Å². The van der Waals surface area contributed by atoms with E-state index in [1.165, 1.54) is 4.90 Å². The average molecular weight is 552 g/mol. The van der Waals surface area contributed by atoms with E-state index in [1.807, 2.05) is 59.9 Å². The van der Waals surface area contributed by atoms with E-state index in [1.54, 1.807) is 0 Å². The zero-order valence-corrected chi connectivity index (χ0v) is 25.3. The first-order valence-corrected chi connectivity index (χ1v) is 14.4. The number of hydrogen-bond acceptors (Lipinski definition) is 6. The van der Waals surface area contributed by atoms with Crippen LogP contribution in [0.15, 0.2) is 24.4 Å². The molecule has 0 aliphatic carbocycles. The molecule has 1 N–H and O–H groups in total. The number of aryl methyl sites for hydroxylation is 1. The Hall–Kier alpha value is -3.13. The number of carbonyl (C=O) groups excluding carboxylic acids is 1. The SMILES string of the molecule is Cc1ncc(-c2ccc3c(c2)CCN(C(=O)O)C3)c(N2CCC(C)(C)CC2)c1C(OC(C)(C)C)C(=O)OC(C)C. The maximum Gasteiger partial charge on any atom is 0.407 e. The van der Waals surface area contributed by atoms with E-state index >= 15 is 0 Å². The van der Waals surface area contributed by atoms with Gasteiger partial charge >= 0.3 is 12.1 Å². The summed E-state index contributed by atoms with van der Waals surface area (Å²) in [6, 6.07) is 6.23. The van der Waals surface area contributed by atoms with Gasteiger partial charge in [0.25, 0.3) is 0 Å². The lowest BCUT2D eigenvalue weighted by atomic mass is 9.82. The van der Waals surface area contributed by atoms with Crippen molar-refractivity contribution >= 4 is 17.7 Å². The van der Waals surface area contributed by atoms with Gasteiger partial charge in [-0.3, -0.25) is 4.98 Å². The van der Waals surface area contributed by atoms with Crippen LogP contribution in [-0.2, 0) is 27.2 Å². The standard InChI is InChI=1S/C32H45N3O5/c1-20(2)39-29(36)28(40-31(4,5)6)26-21(3)33-18-25(27(26)34-15-12-32(7,8)13-16-34)23-9-10-24-19-35(30(37)38)14-11-22(24)17-23/h9-10,17-18,20,28H,11-16,19H2,1-8H3,(H,37,38). The molecule has 1 atom stereocenters. The minimum atomic E-state index is -0.929. The first-order valence-electron chi connectivity index (χ1n) is 14.4. The number of carboxylic acid groups (broad SMARTS) is 1. The Balaban J connectivity index is 1.88. The van der Waals surface area contributed by atoms with Gasteiger partial charge in [0.05, 0.1) is 17.4 Å². The summed E-state index contributed by atoms with van der Waals surface area (Å²) < 4.78 is 12.2. The van der Waals surface area contributed by atoms with Gasteiger partial charge in [-0.15, -0.1) is 0 Å². The van der Waals surface area contributed by atoms with E-state index in [0.717, 1.165) is 65.1 Å². The van der Waals surface area contributed by atoms with E-state index in [0.29, 0.717) is 19.5 Å². The van der Waals surface area contributed by atoms with Crippen molar-refractivity contribution in [2.75, 3.05) is 24.5 Å². The van der Waals surface area contributed by atoms with Gasteiger partial charge in [0.1, 0.15) is 0 Å². The second kappa shape index (κ2) is 11.4. The Morgan fingerprint density at radius 3 is 2.35 bits per heavy atom. The first kappa shape index (κ1) is 29.8. The topological polar surface area (TPSA) is 92.2 Å². The minimum absolute atomic E-state index is 0.249. The van der Waals surface area contributed by atoms with Crippen LogP contribution in [0.1, 0.15) is 89.8 Å². The van der Waals surface area contributed by atoms with E-state index in [9.17, 15) is 14.7 Å². The predicted molar refractivity (Wildman–Crippen MR) is 157 cm³/mol. The highest BCUT2D eigenvalue weighted by Crippen LogP contribution is 2.44. The van der Waals surface area contributed by atoms with Crippen molar-refractivity contribution in [3.05, 3.63) is 46.8 Å². The van der Waals surface area contributed by atoms with E-state index < -0.39 is 23.8 Å². The second-order valence-electron chi connectivity index (χ2n) is 13.2. The summed E-state index contributed by atoms with van der Waals surface area (Å²) in [5.74, 6) is -0.412. The fourth-order valence-electron chi connectivity index (χ4n) is 5.57. The number of piperidine rings is 1. The van der Waals surface area contributed by atoms with Gasteiger partial charge in [0, 0.05) is 49.2 Å². The van der Waals surface area contributed by atoms with Crippen molar-refractivity contribution in [1.82, 2.24) is 9.88 Å². The summed E-state index contributed by atoms with van der Waals surface area (Å²) in [7, 11) is 0. The number of esters is 1. The smallest absolute Gasteiger partial charge is 0.407 e. The number of hydrogen-bond donors (Lipinski definition) is 1. The molecule has 1 aromatic heterocycles. The van der Waals surface area contributed by atoms with E-state index in [2.05, 4.69) is 24.8 Å². The lowest BCUT2D eigenvalue weighted by Crippen LogP contribution is -2.39. The van der Waals surface area contributed by atoms with Crippen LogP contribution < -0.4 is 4.90 Å². The van der Waals surface area contributed by atoms with Gasteiger partial charge in [-0.2, -0.15) is 0 Å². The number of amides is 1. The van der Waals surface area contributed by atoms with Crippen LogP contribution in [0.3, 0.4) is 0 Å². The first-order chi connectivity index (χ1) is 18.6. The number of anilines is 1. The molecule has 2 aliphatic heterocycles. The number of rotatable bonds is 6. The quantitative estimate of drug-likeness (QED) is 0.408. The van der Waals surface area contributed by atoms with Crippen LogP contribution in [0.2, 0.25) is 0 Å². The van der Waals surface area contributed by atoms with Crippen LogP contribution in [0.4, 0.5) is 10.5 Å². The van der Waals surface area contributed by atoms with Crippen molar-refractivity contribution in [3.8, 4) is 11.1 Å². The molecule has 8 heteroatoms. The molecule has 8 nitrogen and oxygen atoms in total.